The summed E-state index contributed by atoms with van der Waals surface area (Å²) in [6, 6.07) is 4.12. The normalized spacial score (nSPS) is 10.6. The van der Waals surface area contributed by atoms with Gasteiger partial charge in [-0.1, -0.05) is 11.6 Å². The molecule has 1 rings (SSSR count). The number of hydrogen-bond acceptors (Lipinski definition) is 2. The van der Waals surface area contributed by atoms with E-state index in [0.717, 1.165) is 6.08 Å². The number of rotatable bonds is 3. The van der Waals surface area contributed by atoms with E-state index < -0.39 is 11.8 Å². The van der Waals surface area contributed by atoms with Crippen LogP contribution < -0.4 is 0 Å². The highest BCUT2D eigenvalue weighted by atomic mass is 35.5. The fraction of sp³-hybridized carbons (Fsp3) is 0.182. The fourth-order valence-corrected chi connectivity index (χ4v) is 1.17. The van der Waals surface area contributed by atoms with E-state index >= 15 is 0 Å². The first kappa shape index (κ1) is 11.7. The van der Waals surface area contributed by atoms with Crippen molar-refractivity contribution in [1.29, 1.82) is 0 Å². The topological polar surface area (TPSA) is 26.3 Å². The third-order valence-electron chi connectivity index (χ3n) is 1.64. The van der Waals surface area contributed by atoms with Gasteiger partial charge in [-0.15, -0.1) is 0 Å². The summed E-state index contributed by atoms with van der Waals surface area (Å²) in [5.41, 5.74) is 0.260. The van der Waals surface area contributed by atoms with Crippen LogP contribution in [0.2, 0.25) is 5.02 Å². The van der Waals surface area contributed by atoms with Gasteiger partial charge in [0.2, 0.25) is 0 Å². The molecule has 0 radical (unpaired) electrons. The van der Waals surface area contributed by atoms with Crippen molar-refractivity contribution in [3.8, 4) is 0 Å². The zero-order chi connectivity index (χ0) is 11.3. The van der Waals surface area contributed by atoms with E-state index in [1.54, 1.807) is 6.92 Å². The van der Waals surface area contributed by atoms with E-state index in [2.05, 4.69) is 4.74 Å². The van der Waals surface area contributed by atoms with Crippen LogP contribution >= 0.6 is 11.6 Å². The molecule has 4 heteroatoms. The van der Waals surface area contributed by atoms with E-state index in [9.17, 15) is 9.18 Å². The maximum atomic E-state index is 13.1. The average Bonchev–Trinajstić information content (AvgIpc) is 2.20. The van der Waals surface area contributed by atoms with Crippen LogP contribution in [0, 0.1) is 5.82 Å². The summed E-state index contributed by atoms with van der Waals surface area (Å²) < 4.78 is 17.8. The Morgan fingerprint density at radius 2 is 2.33 bits per heavy atom. The highest BCUT2D eigenvalue weighted by Crippen LogP contribution is 2.15. The second-order valence-electron chi connectivity index (χ2n) is 2.75. The van der Waals surface area contributed by atoms with Gasteiger partial charge in [0, 0.05) is 16.7 Å². The number of ether oxygens (including phenoxy) is 1. The van der Waals surface area contributed by atoms with Gasteiger partial charge in [0.1, 0.15) is 5.82 Å². The monoisotopic (exact) mass is 228 g/mol. The zero-order valence-corrected chi connectivity index (χ0v) is 8.92. The van der Waals surface area contributed by atoms with Crippen molar-refractivity contribution in [1.82, 2.24) is 0 Å². The number of carbonyl (C=O) groups is 1. The number of carbonyl (C=O) groups excluding carboxylic acids is 1. The Kier molecular flexibility index (Phi) is 4.31. The highest BCUT2D eigenvalue weighted by Gasteiger charge is 2.00. The van der Waals surface area contributed by atoms with Crippen molar-refractivity contribution in [3.63, 3.8) is 0 Å². The predicted molar refractivity (Wildman–Crippen MR) is 57.1 cm³/mol. The Morgan fingerprint density at radius 1 is 1.60 bits per heavy atom. The van der Waals surface area contributed by atoms with Crippen molar-refractivity contribution in [2.24, 2.45) is 0 Å². The summed E-state index contributed by atoms with van der Waals surface area (Å²) in [7, 11) is 0. The molecule has 1 aromatic carbocycles. The van der Waals surface area contributed by atoms with Crippen LogP contribution in [0.5, 0.6) is 0 Å². The smallest absolute Gasteiger partial charge is 0.330 e. The maximum absolute atomic E-state index is 13.1. The lowest BCUT2D eigenvalue weighted by molar-refractivity contribution is -0.137. The van der Waals surface area contributed by atoms with Gasteiger partial charge in [-0.2, -0.15) is 0 Å². The van der Waals surface area contributed by atoms with Crippen LogP contribution in [0.4, 0.5) is 4.39 Å². The standard InChI is InChI=1S/C11H10ClFO2/c1-2-15-11(14)6-3-8-7-9(12)4-5-10(8)13/h3-7H,2H2,1H3/b6-3+. The van der Waals surface area contributed by atoms with Crippen LogP contribution in [0.15, 0.2) is 24.3 Å². The molecule has 0 aliphatic heterocycles. The molecular formula is C11H10ClFO2. The highest BCUT2D eigenvalue weighted by molar-refractivity contribution is 6.30. The number of esters is 1. The van der Waals surface area contributed by atoms with Crippen molar-refractivity contribution in [2.75, 3.05) is 6.61 Å². The Hall–Kier alpha value is -1.35. The molecule has 0 spiro atoms. The van der Waals surface area contributed by atoms with Crippen LogP contribution in [-0.4, -0.2) is 12.6 Å². The van der Waals surface area contributed by atoms with Gasteiger partial charge in [0.05, 0.1) is 6.61 Å². The Balaban J connectivity index is 2.79. The number of halogens is 2. The predicted octanol–water partition coefficient (Wildman–Crippen LogP) is 3.06. The SMILES string of the molecule is CCOC(=O)/C=C/c1cc(Cl)ccc1F. The van der Waals surface area contributed by atoms with Gasteiger partial charge in [0.25, 0.3) is 0 Å². The molecule has 1 aromatic rings. The average molecular weight is 229 g/mol. The van der Waals surface area contributed by atoms with E-state index in [1.807, 2.05) is 0 Å². The molecule has 15 heavy (non-hydrogen) atoms. The molecular weight excluding hydrogens is 219 g/mol. The van der Waals surface area contributed by atoms with Gasteiger partial charge in [-0.25, -0.2) is 9.18 Å². The quantitative estimate of drug-likeness (QED) is 0.587. The maximum Gasteiger partial charge on any atom is 0.330 e. The molecule has 0 saturated carbocycles. The summed E-state index contributed by atoms with van der Waals surface area (Å²) in [5, 5.41) is 0.417. The molecule has 0 fully saturated rings. The zero-order valence-electron chi connectivity index (χ0n) is 8.17. The first-order chi connectivity index (χ1) is 7.13. The van der Waals surface area contributed by atoms with E-state index in [1.165, 1.54) is 24.3 Å². The fourth-order valence-electron chi connectivity index (χ4n) is 0.991. The first-order valence-electron chi connectivity index (χ1n) is 4.43. The van der Waals surface area contributed by atoms with Gasteiger partial charge in [-0.3, -0.25) is 0 Å². The van der Waals surface area contributed by atoms with Crippen molar-refractivity contribution < 1.29 is 13.9 Å². The van der Waals surface area contributed by atoms with Crippen molar-refractivity contribution in [3.05, 3.63) is 40.7 Å². The molecule has 0 heterocycles. The number of hydrogen-bond donors (Lipinski definition) is 0. The van der Waals surface area contributed by atoms with E-state index in [0.29, 0.717) is 11.6 Å². The van der Waals surface area contributed by atoms with Crippen LogP contribution in [-0.2, 0) is 9.53 Å². The van der Waals surface area contributed by atoms with E-state index in [4.69, 9.17) is 11.6 Å². The minimum Gasteiger partial charge on any atom is -0.463 e. The molecule has 0 amide bonds. The lowest BCUT2D eigenvalue weighted by atomic mass is 10.2. The van der Waals surface area contributed by atoms with Gasteiger partial charge >= 0.3 is 5.97 Å². The summed E-state index contributed by atoms with van der Waals surface area (Å²) in [6.07, 6.45) is 2.50. The Morgan fingerprint density at radius 3 is 3.00 bits per heavy atom. The third-order valence-corrected chi connectivity index (χ3v) is 1.88. The summed E-state index contributed by atoms with van der Waals surface area (Å²) >= 11 is 5.68. The van der Waals surface area contributed by atoms with Crippen molar-refractivity contribution >= 4 is 23.6 Å². The van der Waals surface area contributed by atoms with Crippen LogP contribution in [0.1, 0.15) is 12.5 Å². The first-order valence-corrected chi connectivity index (χ1v) is 4.81. The molecule has 0 N–H and O–H groups in total. The summed E-state index contributed by atoms with van der Waals surface area (Å²) in [5.74, 6) is -0.933. The lowest BCUT2D eigenvalue weighted by Crippen LogP contribution is -1.98. The second-order valence-corrected chi connectivity index (χ2v) is 3.19. The molecule has 80 valence electrons. The van der Waals surface area contributed by atoms with Crippen LogP contribution in [0.25, 0.3) is 6.08 Å². The molecule has 2 nitrogen and oxygen atoms in total. The second kappa shape index (κ2) is 5.51. The van der Waals surface area contributed by atoms with E-state index in [-0.39, 0.29) is 5.56 Å². The van der Waals surface area contributed by atoms with Gasteiger partial charge in [-0.05, 0) is 31.2 Å². The molecule has 0 saturated heterocycles. The largest absolute Gasteiger partial charge is 0.463 e. The number of benzene rings is 1. The Bertz CT molecular complexity index is 388. The van der Waals surface area contributed by atoms with Gasteiger partial charge < -0.3 is 4.74 Å². The minimum atomic E-state index is -0.503. The molecule has 0 bridgehead atoms. The summed E-state index contributed by atoms with van der Waals surface area (Å²) in [4.78, 5) is 10.9. The minimum absolute atomic E-state index is 0.260. The van der Waals surface area contributed by atoms with Gasteiger partial charge in [0.15, 0.2) is 0 Å². The molecule has 0 aliphatic carbocycles. The van der Waals surface area contributed by atoms with Crippen LogP contribution in [0.3, 0.4) is 0 Å². The lowest BCUT2D eigenvalue weighted by Gasteiger charge is -1.98. The molecule has 0 aliphatic rings. The molecule has 0 aromatic heterocycles. The third kappa shape index (κ3) is 3.72. The molecule has 0 unspecified atom stereocenters. The summed E-state index contributed by atoms with van der Waals surface area (Å²) in [6.45, 7) is 1.99. The molecule has 0 atom stereocenters. The van der Waals surface area contributed by atoms with Crippen molar-refractivity contribution in [2.45, 2.75) is 6.92 Å². The Labute approximate surface area is 92.3 Å².